The van der Waals surface area contributed by atoms with Crippen LogP contribution >= 0.6 is 11.5 Å². The minimum absolute atomic E-state index is 0.360. The van der Waals surface area contributed by atoms with Crippen LogP contribution in [0.2, 0.25) is 0 Å². The first-order valence-corrected chi connectivity index (χ1v) is 8.32. The lowest BCUT2D eigenvalue weighted by Crippen LogP contribution is -1.97. The summed E-state index contributed by atoms with van der Waals surface area (Å²) in [5.74, 6) is 2.60. The van der Waals surface area contributed by atoms with Crippen molar-refractivity contribution >= 4 is 22.5 Å². The van der Waals surface area contributed by atoms with Crippen molar-refractivity contribution in [3.63, 3.8) is 0 Å². The Hall–Kier alpha value is -2.74. The van der Waals surface area contributed by atoms with Crippen LogP contribution in [0.4, 0.5) is 10.9 Å². The Labute approximate surface area is 142 Å². The van der Waals surface area contributed by atoms with Gasteiger partial charge in [0.15, 0.2) is 17.4 Å². The molecule has 3 heterocycles. The van der Waals surface area contributed by atoms with E-state index in [2.05, 4.69) is 24.6 Å². The number of ether oxygens (including phenoxy) is 2. The summed E-state index contributed by atoms with van der Waals surface area (Å²) in [6.45, 7) is 0. The zero-order valence-electron chi connectivity index (χ0n) is 13.0. The molecule has 122 valence electrons. The first-order valence-electron chi connectivity index (χ1n) is 7.54. The molecule has 1 N–H and O–H groups in total. The first kappa shape index (κ1) is 14.8. The molecule has 0 amide bonds. The minimum Gasteiger partial charge on any atom is -0.493 e. The van der Waals surface area contributed by atoms with E-state index in [4.69, 9.17) is 9.47 Å². The van der Waals surface area contributed by atoms with E-state index in [-0.39, 0.29) is 0 Å². The lowest BCUT2D eigenvalue weighted by Gasteiger charge is -2.06. The highest BCUT2D eigenvalue weighted by Gasteiger charge is 2.23. The number of pyridine rings is 2. The van der Waals surface area contributed by atoms with E-state index < -0.39 is 0 Å². The van der Waals surface area contributed by atoms with Gasteiger partial charge in [0.1, 0.15) is 11.4 Å². The van der Waals surface area contributed by atoms with E-state index in [9.17, 15) is 0 Å². The van der Waals surface area contributed by atoms with E-state index in [0.717, 1.165) is 18.6 Å². The number of aromatic nitrogens is 4. The van der Waals surface area contributed by atoms with Crippen molar-refractivity contribution in [2.45, 2.75) is 18.9 Å². The summed E-state index contributed by atoms with van der Waals surface area (Å²) in [7, 11) is 1.60. The molecule has 0 aliphatic heterocycles. The normalized spacial score (nSPS) is 13.5. The average Bonchev–Trinajstić information content (AvgIpc) is 3.31. The van der Waals surface area contributed by atoms with Gasteiger partial charge in [-0.3, -0.25) is 0 Å². The maximum atomic E-state index is 5.69. The molecule has 0 atom stereocenters. The molecule has 0 bridgehead atoms. The summed E-state index contributed by atoms with van der Waals surface area (Å²) >= 11 is 1.24. The van der Waals surface area contributed by atoms with Gasteiger partial charge in [0.25, 0.3) is 0 Å². The number of nitrogens with one attached hydrogen (secondary N) is 1. The third kappa shape index (κ3) is 3.28. The fourth-order valence-electron chi connectivity index (χ4n) is 2.09. The number of nitrogens with zero attached hydrogens (tertiary/aromatic N) is 4. The van der Waals surface area contributed by atoms with E-state index in [1.807, 2.05) is 24.3 Å². The summed E-state index contributed by atoms with van der Waals surface area (Å²) in [6, 6.07) is 7.41. The van der Waals surface area contributed by atoms with Gasteiger partial charge >= 0.3 is 0 Å². The lowest BCUT2D eigenvalue weighted by molar-refractivity contribution is 0.302. The van der Waals surface area contributed by atoms with E-state index >= 15 is 0 Å². The lowest BCUT2D eigenvalue weighted by atomic mass is 10.3. The highest BCUT2D eigenvalue weighted by atomic mass is 32.1. The van der Waals surface area contributed by atoms with E-state index in [1.165, 1.54) is 11.5 Å². The predicted octanol–water partition coefficient (Wildman–Crippen LogP) is 3.29. The molecule has 1 aliphatic rings. The van der Waals surface area contributed by atoms with Crippen LogP contribution in [0.5, 0.6) is 11.5 Å². The molecule has 1 aliphatic carbocycles. The second-order valence-electron chi connectivity index (χ2n) is 5.30. The summed E-state index contributed by atoms with van der Waals surface area (Å²) < 4.78 is 15.3. The Bertz CT molecular complexity index is 832. The van der Waals surface area contributed by atoms with Crippen molar-refractivity contribution in [2.24, 2.45) is 0 Å². The SMILES string of the molecule is COc1cccnc1Nc1nc(-c2ccc(OC3CC3)cn2)ns1. The van der Waals surface area contributed by atoms with Crippen molar-refractivity contribution in [1.29, 1.82) is 0 Å². The Morgan fingerprint density at radius 1 is 1.21 bits per heavy atom. The quantitative estimate of drug-likeness (QED) is 0.736. The molecule has 1 saturated carbocycles. The molecular formula is C16H15N5O2S. The van der Waals surface area contributed by atoms with E-state index in [0.29, 0.717) is 34.3 Å². The van der Waals surface area contributed by atoms with Crippen LogP contribution in [0.3, 0.4) is 0 Å². The predicted molar refractivity (Wildman–Crippen MR) is 90.9 cm³/mol. The Morgan fingerprint density at radius 3 is 2.88 bits per heavy atom. The molecule has 0 spiro atoms. The molecule has 3 aromatic heterocycles. The van der Waals surface area contributed by atoms with Gasteiger partial charge in [0, 0.05) is 17.7 Å². The Kier molecular flexibility index (Phi) is 3.96. The smallest absolute Gasteiger partial charge is 0.208 e. The zero-order chi connectivity index (χ0) is 16.4. The van der Waals surface area contributed by atoms with Gasteiger partial charge in [-0.25, -0.2) is 9.97 Å². The summed E-state index contributed by atoms with van der Waals surface area (Å²) in [6.07, 6.45) is 6.01. The second-order valence-corrected chi connectivity index (χ2v) is 6.05. The average molecular weight is 341 g/mol. The third-order valence-corrected chi connectivity index (χ3v) is 4.07. The number of hydrogen-bond acceptors (Lipinski definition) is 8. The molecule has 0 radical (unpaired) electrons. The molecule has 8 heteroatoms. The highest BCUT2D eigenvalue weighted by Crippen LogP contribution is 2.29. The van der Waals surface area contributed by atoms with Crippen LogP contribution in [0.1, 0.15) is 12.8 Å². The molecule has 3 aromatic rings. The standard InChI is InChI=1S/C16H15N5O2S/c1-22-13-3-2-8-17-15(13)20-16-19-14(21-24-16)12-7-6-11(9-18-12)23-10-4-5-10/h2-3,6-10H,4-5H2,1H3,(H,17,19,20,21). The van der Waals surface area contributed by atoms with Crippen LogP contribution in [0, 0.1) is 0 Å². The van der Waals surface area contributed by atoms with Crippen LogP contribution in [-0.2, 0) is 0 Å². The molecule has 1 fully saturated rings. The van der Waals surface area contributed by atoms with Gasteiger partial charge in [-0.1, -0.05) is 0 Å². The van der Waals surface area contributed by atoms with Crippen LogP contribution in [0.25, 0.3) is 11.5 Å². The third-order valence-electron chi connectivity index (χ3n) is 3.43. The zero-order valence-corrected chi connectivity index (χ0v) is 13.8. The van der Waals surface area contributed by atoms with Gasteiger partial charge in [-0.15, -0.1) is 0 Å². The van der Waals surface area contributed by atoms with Crippen molar-refractivity contribution in [3.8, 4) is 23.0 Å². The van der Waals surface area contributed by atoms with Crippen LogP contribution in [-0.4, -0.2) is 32.5 Å². The fraction of sp³-hybridized carbons (Fsp3) is 0.250. The minimum atomic E-state index is 0.360. The van der Waals surface area contributed by atoms with Gasteiger partial charge < -0.3 is 14.8 Å². The number of methoxy groups -OCH3 is 1. The van der Waals surface area contributed by atoms with E-state index in [1.54, 1.807) is 19.5 Å². The second kappa shape index (κ2) is 6.40. The van der Waals surface area contributed by atoms with Crippen LogP contribution in [0.15, 0.2) is 36.7 Å². The first-order chi connectivity index (χ1) is 11.8. The maximum Gasteiger partial charge on any atom is 0.208 e. The van der Waals surface area contributed by atoms with Crippen molar-refractivity contribution in [1.82, 2.24) is 19.3 Å². The van der Waals surface area contributed by atoms with Crippen molar-refractivity contribution in [3.05, 3.63) is 36.7 Å². The number of rotatable bonds is 6. The maximum absolute atomic E-state index is 5.69. The van der Waals surface area contributed by atoms with Crippen molar-refractivity contribution in [2.75, 3.05) is 12.4 Å². The molecule has 4 rings (SSSR count). The molecule has 7 nitrogen and oxygen atoms in total. The van der Waals surface area contributed by atoms with Gasteiger partial charge in [-0.2, -0.15) is 9.36 Å². The topological polar surface area (TPSA) is 82.0 Å². The molecule has 0 unspecified atom stereocenters. The molecule has 0 aromatic carbocycles. The van der Waals surface area contributed by atoms with Gasteiger partial charge in [0.05, 0.1) is 19.4 Å². The summed E-state index contributed by atoms with van der Waals surface area (Å²) in [5, 5.41) is 3.74. The highest BCUT2D eigenvalue weighted by molar-refractivity contribution is 7.09. The van der Waals surface area contributed by atoms with Gasteiger partial charge in [0.2, 0.25) is 5.13 Å². The Morgan fingerprint density at radius 2 is 2.12 bits per heavy atom. The number of hydrogen-bond donors (Lipinski definition) is 1. The van der Waals surface area contributed by atoms with Gasteiger partial charge in [-0.05, 0) is 37.1 Å². The fourth-order valence-corrected chi connectivity index (χ4v) is 2.67. The Balaban J connectivity index is 1.49. The van der Waals surface area contributed by atoms with Crippen LogP contribution < -0.4 is 14.8 Å². The largest absolute Gasteiger partial charge is 0.493 e. The molecule has 0 saturated heterocycles. The van der Waals surface area contributed by atoms with Crippen molar-refractivity contribution < 1.29 is 9.47 Å². The summed E-state index contributed by atoms with van der Waals surface area (Å²) in [5.41, 5.74) is 0.704. The monoisotopic (exact) mass is 341 g/mol. The summed E-state index contributed by atoms with van der Waals surface area (Å²) in [4.78, 5) is 13.1. The molecular weight excluding hydrogens is 326 g/mol. The molecule has 24 heavy (non-hydrogen) atoms. The number of anilines is 2.